The molecule has 2 N–H and O–H groups in total. The molecule has 27 heavy (non-hydrogen) atoms. The van der Waals surface area contributed by atoms with Crippen molar-refractivity contribution in [1.82, 2.24) is 4.72 Å². The fraction of sp³-hybridized carbons (Fsp3) is 0.500. The maximum absolute atomic E-state index is 12.9. The van der Waals surface area contributed by atoms with E-state index in [1.54, 1.807) is 36.5 Å². The summed E-state index contributed by atoms with van der Waals surface area (Å²) in [5.74, 6) is 0.783. The molecule has 0 saturated heterocycles. The summed E-state index contributed by atoms with van der Waals surface area (Å²) < 4.78 is 34.1. The molecule has 0 amide bonds. The summed E-state index contributed by atoms with van der Waals surface area (Å²) in [6.45, 7) is 2.76. The molecule has 4 rings (SSSR count). The predicted molar refractivity (Wildman–Crippen MR) is 106 cm³/mol. The molecule has 1 aromatic heterocycles. The molecule has 1 atom stereocenters. The standard InChI is InChI=1S/C20H25NO4S2/c1-14(22)18-6-7-19(26-18)20(9-2-3-10-20)13-21-27(23,24)16-4-5-17-15(12-16)8-11-25-17/h4-7,12,14,21-22H,2-3,8-11,13H2,1H3. The molecule has 2 aliphatic rings. The molecular formula is C20H25NO4S2. The highest BCUT2D eigenvalue weighted by Crippen LogP contribution is 2.44. The number of aliphatic hydroxyl groups excluding tert-OH is 1. The lowest BCUT2D eigenvalue weighted by molar-refractivity contribution is 0.203. The predicted octanol–water partition coefficient (Wildman–Crippen LogP) is 3.53. The Bertz CT molecular complexity index is 927. The second-order valence-electron chi connectivity index (χ2n) is 7.56. The van der Waals surface area contributed by atoms with Crippen LogP contribution in [0.1, 0.15) is 54.0 Å². The summed E-state index contributed by atoms with van der Waals surface area (Å²) in [6, 6.07) is 9.10. The lowest BCUT2D eigenvalue weighted by Crippen LogP contribution is -2.38. The van der Waals surface area contributed by atoms with Gasteiger partial charge in [-0.25, -0.2) is 13.1 Å². The van der Waals surface area contributed by atoms with Crippen LogP contribution in [0.4, 0.5) is 0 Å². The molecule has 2 heterocycles. The van der Waals surface area contributed by atoms with Gasteiger partial charge in [-0.05, 0) is 55.7 Å². The molecule has 5 nitrogen and oxygen atoms in total. The van der Waals surface area contributed by atoms with Gasteiger partial charge in [0.2, 0.25) is 10.0 Å². The van der Waals surface area contributed by atoms with E-state index < -0.39 is 16.1 Å². The smallest absolute Gasteiger partial charge is 0.240 e. The van der Waals surface area contributed by atoms with Crippen LogP contribution >= 0.6 is 11.3 Å². The summed E-state index contributed by atoms with van der Waals surface area (Å²) >= 11 is 1.60. The van der Waals surface area contributed by atoms with Crippen molar-refractivity contribution in [2.75, 3.05) is 13.2 Å². The third kappa shape index (κ3) is 3.66. The lowest BCUT2D eigenvalue weighted by Gasteiger charge is -2.28. The van der Waals surface area contributed by atoms with Gasteiger partial charge in [0.25, 0.3) is 0 Å². The van der Waals surface area contributed by atoms with Gasteiger partial charge in [0, 0.05) is 28.1 Å². The van der Waals surface area contributed by atoms with E-state index in [0.29, 0.717) is 18.0 Å². The van der Waals surface area contributed by atoms with Crippen LogP contribution < -0.4 is 9.46 Å². The van der Waals surface area contributed by atoms with Gasteiger partial charge in [-0.2, -0.15) is 0 Å². The first-order valence-corrected chi connectivity index (χ1v) is 11.7. The summed E-state index contributed by atoms with van der Waals surface area (Å²) in [5, 5.41) is 9.84. The van der Waals surface area contributed by atoms with Crippen molar-refractivity contribution in [2.24, 2.45) is 0 Å². The van der Waals surface area contributed by atoms with E-state index >= 15 is 0 Å². The molecule has 1 aromatic carbocycles. The molecule has 1 unspecified atom stereocenters. The van der Waals surface area contributed by atoms with Crippen molar-refractivity contribution in [3.63, 3.8) is 0 Å². The van der Waals surface area contributed by atoms with E-state index in [0.717, 1.165) is 48.3 Å². The van der Waals surface area contributed by atoms with E-state index in [1.807, 2.05) is 6.07 Å². The molecule has 1 aliphatic heterocycles. The second kappa shape index (κ2) is 7.20. The summed E-state index contributed by atoms with van der Waals surface area (Å²) in [4.78, 5) is 2.40. The highest BCUT2D eigenvalue weighted by molar-refractivity contribution is 7.89. The van der Waals surface area contributed by atoms with Crippen LogP contribution in [0.5, 0.6) is 5.75 Å². The van der Waals surface area contributed by atoms with E-state index in [9.17, 15) is 13.5 Å². The molecule has 146 valence electrons. The number of aliphatic hydroxyl groups is 1. The maximum atomic E-state index is 12.9. The normalized spacial score (nSPS) is 19.6. The summed E-state index contributed by atoms with van der Waals surface area (Å²) in [6.07, 6.45) is 4.38. The van der Waals surface area contributed by atoms with E-state index in [1.165, 1.54) is 4.88 Å². The number of thiophene rings is 1. The zero-order chi connectivity index (χ0) is 19.1. The van der Waals surface area contributed by atoms with Crippen LogP contribution in [-0.4, -0.2) is 26.7 Å². The molecule has 0 radical (unpaired) electrons. The van der Waals surface area contributed by atoms with Gasteiger partial charge in [0.15, 0.2) is 0 Å². The third-order valence-electron chi connectivity index (χ3n) is 5.69. The Kier molecular flexibility index (Phi) is 5.05. The number of sulfonamides is 1. The number of fused-ring (bicyclic) bond motifs is 1. The van der Waals surface area contributed by atoms with Crippen LogP contribution in [0.2, 0.25) is 0 Å². The average molecular weight is 408 g/mol. The van der Waals surface area contributed by atoms with Gasteiger partial charge >= 0.3 is 0 Å². The zero-order valence-electron chi connectivity index (χ0n) is 15.4. The van der Waals surface area contributed by atoms with Crippen molar-refractivity contribution < 1.29 is 18.3 Å². The van der Waals surface area contributed by atoms with Gasteiger partial charge in [-0.1, -0.05) is 12.8 Å². The molecule has 1 fully saturated rings. The van der Waals surface area contributed by atoms with Crippen molar-refractivity contribution in [1.29, 1.82) is 0 Å². The quantitative estimate of drug-likeness (QED) is 0.768. The molecular weight excluding hydrogens is 382 g/mol. The highest BCUT2D eigenvalue weighted by atomic mass is 32.2. The van der Waals surface area contributed by atoms with Gasteiger partial charge < -0.3 is 9.84 Å². The molecule has 1 aliphatic carbocycles. The Hall–Kier alpha value is -1.41. The Morgan fingerprint density at radius 2 is 2.04 bits per heavy atom. The van der Waals surface area contributed by atoms with Crippen LogP contribution in [-0.2, 0) is 21.9 Å². The van der Waals surface area contributed by atoms with Crippen LogP contribution in [0.3, 0.4) is 0 Å². The molecule has 7 heteroatoms. The minimum absolute atomic E-state index is 0.176. The first kappa shape index (κ1) is 18.9. The number of nitrogens with one attached hydrogen (secondary N) is 1. The topological polar surface area (TPSA) is 75.6 Å². The van der Waals surface area contributed by atoms with E-state index in [4.69, 9.17) is 4.74 Å². The minimum atomic E-state index is -3.58. The number of hydrogen-bond donors (Lipinski definition) is 2. The van der Waals surface area contributed by atoms with Crippen LogP contribution in [0.25, 0.3) is 0 Å². The van der Waals surface area contributed by atoms with Crippen molar-refractivity contribution in [3.8, 4) is 5.75 Å². The summed E-state index contributed by atoms with van der Waals surface area (Å²) in [7, 11) is -3.58. The number of hydrogen-bond acceptors (Lipinski definition) is 5. The largest absolute Gasteiger partial charge is 0.493 e. The Morgan fingerprint density at radius 1 is 1.26 bits per heavy atom. The van der Waals surface area contributed by atoms with Gasteiger partial charge in [0.05, 0.1) is 17.6 Å². The highest BCUT2D eigenvalue weighted by Gasteiger charge is 2.38. The first-order chi connectivity index (χ1) is 12.9. The van der Waals surface area contributed by atoms with Crippen molar-refractivity contribution in [2.45, 2.75) is 55.4 Å². The molecule has 0 bridgehead atoms. The van der Waals surface area contributed by atoms with Gasteiger partial charge in [-0.15, -0.1) is 11.3 Å². The van der Waals surface area contributed by atoms with Gasteiger partial charge in [0.1, 0.15) is 5.75 Å². The zero-order valence-corrected chi connectivity index (χ0v) is 17.0. The first-order valence-electron chi connectivity index (χ1n) is 9.43. The summed E-state index contributed by atoms with van der Waals surface area (Å²) in [5.41, 5.74) is 0.776. The van der Waals surface area contributed by atoms with Crippen molar-refractivity contribution in [3.05, 3.63) is 45.6 Å². The monoisotopic (exact) mass is 407 g/mol. The SMILES string of the molecule is CC(O)c1ccc(C2(CNS(=O)(=O)c3ccc4c(c3)CCO4)CCCC2)s1. The Balaban J connectivity index is 1.55. The Labute approximate surface area is 164 Å². The molecule has 0 spiro atoms. The minimum Gasteiger partial charge on any atom is -0.493 e. The Morgan fingerprint density at radius 3 is 2.74 bits per heavy atom. The molecule has 1 saturated carbocycles. The van der Waals surface area contributed by atoms with Crippen LogP contribution in [0.15, 0.2) is 35.2 Å². The van der Waals surface area contributed by atoms with E-state index in [2.05, 4.69) is 10.8 Å². The third-order valence-corrected chi connectivity index (χ3v) is 8.59. The maximum Gasteiger partial charge on any atom is 0.240 e. The number of ether oxygens (including phenoxy) is 1. The molecule has 2 aromatic rings. The fourth-order valence-corrected chi connectivity index (χ4v) is 6.44. The van der Waals surface area contributed by atoms with Crippen LogP contribution in [0, 0.1) is 0 Å². The van der Waals surface area contributed by atoms with Crippen molar-refractivity contribution >= 4 is 21.4 Å². The second-order valence-corrected chi connectivity index (χ2v) is 10.4. The number of rotatable bonds is 6. The van der Waals surface area contributed by atoms with E-state index in [-0.39, 0.29) is 5.41 Å². The van der Waals surface area contributed by atoms with Gasteiger partial charge in [-0.3, -0.25) is 0 Å². The average Bonchev–Trinajstić information content (AvgIpc) is 3.39. The lowest BCUT2D eigenvalue weighted by atomic mass is 9.85. The number of benzene rings is 1. The fourth-order valence-electron chi connectivity index (χ4n) is 4.07.